The van der Waals surface area contributed by atoms with Crippen LogP contribution in [0.1, 0.15) is 0 Å². The fourth-order valence-corrected chi connectivity index (χ4v) is 0. The second kappa shape index (κ2) is 30.1. The van der Waals surface area contributed by atoms with Crippen molar-refractivity contribution in [3.8, 4) is 0 Å². The molecule has 0 aromatic carbocycles. The van der Waals surface area contributed by atoms with Crippen LogP contribution in [0, 0.1) is 0 Å². The van der Waals surface area contributed by atoms with E-state index < -0.39 is 0 Å². The van der Waals surface area contributed by atoms with Crippen molar-refractivity contribution in [3.05, 3.63) is 0 Å². The maximum absolute atomic E-state index is 0. The quantitative estimate of drug-likeness (QED) is 0.545. The Morgan fingerprint density at radius 3 is 1.00 bits per heavy atom. The van der Waals surface area contributed by atoms with Gasteiger partial charge < -0.3 is 0 Å². The predicted octanol–water partition coefficient (Wildman–Crippen LogP) is -0.0125. The van der Waals surface area contributed by atoms with E-state index in [-0.39, 0.29) is 86.9 Å². The van der Waals surface area contributed by atoms with Crippen molar-refractivity contribution >= 4 is 0 Å². The van der Waals surface area contributed by atoms with Crippen LogP contribution < -0.4 is 0 Å². The van der Waals surface area contributed by atoms with Crippen LogP contribution in [0.2, 0.25) is 0 Å². The van der Waals surface area contributed by atoms with E-state index in [4.69, 9.17) is 0 Å². The van der Waals surface area contributed by atoms with Gasteiger partial charge in [-0.2, -0.15) is 0 Å². The molecule has 0 saturated carbocycles. The summed E-state index contributed by atoms with van der Waals surface area (Å²) in [6, 6.07) is 0. The molecule has 0 aliphatic rings. The van der Waals surface area contributed by atoms with Crippen LogP contribution in [-0.2, 0) is 86.9 Å². The Bertz CT molecular complexity index is 11.6. The van der Waals surface area contributed by atoms with E-state index >= 15 is 0 Å². The second-order valence-electron chi connectivity index (χ2n) is 0. The maximum atomic E-state index is 0. The molecule has 0 aliphatic carbocycles. The SMILES string of the molecule is [Co].[Cu].[Fe].[Ni].[Ru]. The van der Waals surface area contributed by atoms with Crippen LogP contribution in [-0.4, -0.2) is 0 Å². The zero-order valence-corrected chi connectivity index (χ0v) is 7.47. The molecule has 0 spiro atoms. The standard InChI is InChI=1S/Co.Cu.Fe.Ni.Ru. The second-order valence-corrected chi connectivity index (χ2v) is 0. The van der Waals surface area contributed by atoms with Gasteiger partial charge in [-0.3, -0.25) is 0 Å². The van der Waals surface area contributed by atoms with Crippen molar-refractivity contribution in [1.29, 1.82) is 0 Å². The van der Waals surface area contributed by atoms with E-state index in [2.05, 4.69) is 0 Å². The molecular weight excluding hydrogens is 338 g/mol. The van der Waals surface area contributed by atoms with Crippen LogP contribution in [0.5, 0.6) is 0 Å². The van der Waals surface area contributed by atoms with Gasteiger partial charge in [0.25, 0.3) is 0 Å². The fourth-order valence-electron chi connectivity index (χ4n) is 0. The smallest absolute Gasteiger partial charge is 0 e. The van der Waals surface area contributed by atoms with Crippen molar-refractivity contribution in [2.24, 2.45) is 0 Å². The first kappa shape index (κ1) is 48.0. The van der Waals surface area contributed by atoms with E-state index in [1.807, 2.05) is 0 Å². The van der Waals surface area contributed by atoms with Gasteiger partial charge in [-0.05, 0) is 0 Å². The summed E-state index contributed by atoms with van der Waals surface area (Å²) < 4.78 is 0. The molecule has 0 fully saturated rings. The molecule has 0 N–H and O–H groups in total. The molecular formula is CoCuFeNiRu. The Kier molecular flexibility index (Phi) is 289. The summed E-state index contributed by atoms with van der Waals surface area (Å²) >= 11 is 0. The summed E-state index contributed by atoms with van der Waals surface area (Å²) in [6.07, 6.45) is 0. The van der Waals surface area contributed by atoms with Crippen molar-refractivity contribution in [1.82, 2.24) is 0 Å². The van der Waals surface area contributed by atoms with Gasteiger partial charge in [0.15, 0.2) is 0 Å². The van der Waals surface area contributed by atoms with Crippen molar-refractivity contribution in [3.63, 3.8) is 0 Å². The normalized spacial score (nSPS) is 0. The largest absolute Gasteiger partial charge is 0 e. The molecule has 0 bridgehead atoms. The Balaban J connectivity index is 0. The van der Waals surface area contributed by atoms with Gasteiger partial charge in [0, 0.05) is 86.9 Å². The monoisotopic (exact) mass is 338 g/mol. The summed E-state index contributed by atoms with van der Waals surface area (Å²) in [6.45, 7) is 0. The molecule has 0 aromatic rings. The molecule has 0 nitrogen and oxygen atoms in total. The van der Waals surface area contributed by atoms with E-state index in [1.165, 1.54) is 0 Å². The Hall–Kier alpha value is 2.66. The molecule has 46 valence electrons. The molecule has 0 saturated heterocycles. The summed E-state index contributed by atoms with van der Waals surface area (Å²) in [7, 11) is 0. The van der Waals surface area contributed by atoms with Crippen molar-refractivity contribution in [2.45, 2.75) is 0 Å². The summed E-state index contributed by atoms with van der Waals surface area (Å²) in [5.74, 6) is 0. The van der Waals surface area contributed by atoms with Crippen molar-refractivity contribution in [2.75, 3.05) is 0 Å². The van der Waals surface area contributed by atoms with E-state index in [1.54, 1.807) is 0 Å². The molecule has 0 aromatic heterocycles. The Labute approximate surface area is 85.8 Å². The first-order chi connectivity index (χ1) is 0. The van der Waals surface area contributed by atoms with Gasteiger partial charge >= 0.3 is 0 Å². The van der Waals surface area contributed by atoms with E-state index in [0.29, 0.717) is 0 Å². The van der Waals surface area contributed by atoms with Crippen LogP contribution in [0.25, 0.3) is 0 Å². The molecule has 0 heterocycles. The minimum atomic E-state index is 0. The molecule has 5 heteroatoms. The fraction of sp³-hybridized carbons (Fsp3) is 0. The topological polar surface area (TPSA) is 0 Å². The van der Waals surface area contributed by atoms with Gasteiger partial charge in [-0.15, -0.1) is 0 Å². The third kappa shape index (κ3) is 20.4. The average molecular weight is 338 g/mol. The van der Waals surface area contributed by atoms with Crippen LogP contribution in [0.15, 0.2) is 0 Å². The van der Waals surface area contributed by atoms with Gasteiger partial charge in [0.1, 0.15) is 0 Å². The van der Waals surface area contributed by atoms with Gasteiger partial charge in [-0.25, -0.2) is 0 Å². The summed E-state index contributed by atoms with van der Waals surface area (Å²) in [4.78, 5) is 0. The minimum absolute atomic E-state index is 0. The van der Waals surface area contributed by atoms with Crippen LogP contribution in [0.3, 0.4) is 0 Å². The minimum Gasteiger partial charge on any atom is 0 e. The van der Waals surface area contributed by atoms with E-state index in [0.717, 1.165) is 0 Å². The molecule has 0 rings (SSSR count). The van der Waals surface area contributed by atoms with Gasteiger partial charge in [0.2, 0.25) is 0 Å². The molecule has 0 unspecified atom stereocenters. The van der Waals surface area contributed by atoms with Crippen LogP contribution >= 0.6 is 0 Å². The maximum Gasteiger partial charge on any atom is 0 e. The molecule has 0 atom stereocenters. The summed E-state index contributed by atoms with van der Waals surface area (Å²) in [5, 5.41) is 0. The van der Waals surface area contributed by atoms with Crippen molar-refractivity contribution < 1.29 is 86.9 Å². The first-order valence-corrected chi connectivity index (χ1v) is 0. The average Bonchev–Trinajstić information content (AvgIpc) is 0. The molecule has 0 amide bonds. The third-order valence-electron chi connectivity index (χ3n) is 0. The molecule has 2 radical (unpaired) electrons. The Morgan fingerprint density at radius 1 is 1.00 bits per heavy atom. The number of hydrogen-bond donors (Lipinski definition) is 0. The number of hydrogen-bond acceptors (Lipinski definition) is 0. The van der Waals surface area contributed by atoms with Gasteiger partial charge in [0.05, 0.1) is 0 Å². The predicted molar refractivity (Wildman–Crippen MR) is 0 cm³/mol. The molecule has 5 heavy (non-hydrogen) atoms. The first-order valence-electron chi connectivity index (χ1n) is 0. The van der Waals surface area contributed by atoms with Crippen LogP contribution in [0.4, 0.5) is 0 Å². The summed E-state index contributed by atoms with van der Waals surface area (Å²) in [5.41, 5.74) is 0. The zero-order chi connectivity index (χ0) is 0. The van der Waals surface area contributed by atoms with Gasteiger partial charge in [-0.1, -0.05) is 0 Å². The zero-order valence-electron chi connectivity index (χ0n) is 1.66. The Morgan fingerprint density at radius 2 is 1.00 bits per heavy atom. The van der Waals surface area contributed by atoms with E-state index in [9.17, 15) is 0 Å². The molecule has 0 aliphatic heterocycles. The number of rotatable bonds is 0. The third-order valence-corrected chi connectivity index (χ3v) is 0.